The van der Waals surface area contributed by atoms with Gasteiger partial charge in [0.25, 0.3) is 0 Å². The molecule has 0 aliphatic carbocycles. The van der Waals surface area contributed by atoms with Crippen LogP contribution in [0.25, 0.3) is 11.0 Å². The molecule has 4 heteroatoms. The molecular weight excluding hydrogens is 218 g/mol. The molecule has 0 N–H and O–H groups in total. The lowest BCUT2D eigenvalue weighted by molar-refractivity contribution is -0.131. The third-order valence-electron chi connectivity index (χ3n) is 2.43. The molecule has 1 heterocycles. The van der Waals surface area contributed by atoms with Crippen LogP contribution in [0.4, 0.5) is 0 Å². The van der Waals surface area contributed by atoms with Crippen molar-refractivity contribution < 1.29 is 14.1 Å². The lowest BCUT2D eigenvalue weighted by Gasteiger charge is -2.04. The van der Waals surface area contributed by atoms with Gasteiger partial charge in [0.15, 0.2) is 5.58 Å². The second kappa shape index (κ2) is 4.41. The summed E-state index contributed by atoms with van der Waals surface area (Å²) >= 11 is 0. The van der Waals surface area contributed by atoms with Gasteiger partial charge in [0.2, 0.25) is 0 Å². The van der Waals surface area contributed by atoms with Crippen molar-refractivity contribution in [3.63, 3.8) is 0 Å². The molecule has 0 unspecified atom stereocenters. The predicted octanol–water partition coefficient (Wildman–Crippen LogP) is 2.79. The highest BCUT2D eigenvalue weighted by molar-refractivity contribution is 5.85. The molecule has 4 nitrogen and oxygen atoms in total. The zero-order valence-electron chi connectivity index (χ0n) is 9.82. The maximum atomic E-state index is 11.0. The van der Waals surface area contributed by atoms with Crippen LogP contribution in [-0.4, -0.2) is 11.1 Å². The lowest BCUT2D eigenvalue weighted by Crippen LogP contribution is -2.01. The van der Waals surface area contributed by atoms with Gasteiger partial charge in [0.05, 0.1) is 5.69 Å². The Kier molecular flexibility index (Phi) is 2.95. The van der Waals surface area contributed by atoms with Gasteiger partial charge in [-0.2, -0.15) is 0 Å². The summed E-state index contributed by atoms with van der Waals surface area (Å²) in [6.07, 6.45) is 2.41. The average Bonchev–Trinajstić information content (AvgIpc) is 2.60. The molecule has 0 saturated carbocycles. The number of fused-ring (bicyclic) bond motifs is 1. The maximum absolute atomic E-state index is 11.0. The standard InChI is InChI=1S/C13H13NO3/c1-4-5-10-6-11(16-9(3)15)7-12-8(2)14-17-13(10)12/h4,6-7H,1,5H2,2-3H3. The summed E-state index contributed by atoms with van der Waals surface area (Å²) in [4.78, 5) is 11.0. The van der Waals surface area contributed by atoms with Crippen molar-refractivity contribution in [3.8, 4) is 5.75 Å². The second-order valence-electron chi connectivity index (χ2n) is 3.81. The van der Waals surface area contributed by atoms with Crippen LogP contribution in [0.15, 0.2) is 29.3 Å². The molecule has 0 radical (unpaired) electrons. The number of rotatable bonds is 3. The predicted molar refractivity (Wildman–Crippen MR) is 64.0 cm³/mol. The van der Waals surface area contributed by atoms with E-state index in [-0.39, 0.29) is 5.97 Å². The van der Waals surface area contributed by atoms with Crippen LogP contribution in [0.3, 0.4) is 0 Å². The number of benzene rings is 1. The van der Waals surface area contributed by atoms with Gasteiger partial charge in [0, 0.05) is 17.9 Å². The number of ether oxygens (including phenoxy) is 1. The summed E-state index contributed by atoms with van der Waals surface area (Å²) in [5, 5.41) is 4.77. The number of nitrogens with zero attached hydrogens (tertiary/aromatic N) is 1. The summed E-state index contributed by atoms with van der Waals surface area (Å²) in [7, 11) is 0. The van der Waals surface area contributed by atoms with E-state index in [2.05, 4.69) is 11.7 Å². The monoisotopic (exact) mass is 231 g/mol. The molecule has 0 atom stereocenters. The molecule has 88 valence electrons. The van der Waals surface area contributed by atoms with E-state index in [0.717, 1.165) is 22.2 Å². The second-order valence-corrected chi connectivity index (χ2v) is 3.81. The number of carbonyl (C=O) groups is 1. The Morgan fingerprint density at radius 2 is 2.35 bits per heavy atom. The first-order valence-corrected chi connectivity index (χ1v) is 5.30. The molecule has 0 aliphatic rings. The zero-order chi connectivity index (χ0) is 12.4. The number of esters is 1. The summed E-state index contributed by atoms with van der Waals surface area (Å²) < 4.78 is 10.3. The smallest absolute Gasteiger partial charge is 0.308 e. The third-order valence-corrected chi connectivity index (χ3v) is 2.43. The number of allylic oxidation sites excluding steroid dienone is 1. The van der Waals surface area contributed by atoms with E-state index in [1.165, 1.54) is 6.92 Å². The average molecular weight is 231 g/mol. The minimum absolute atomic E-state index is 0.344. The minimum Gasteiger partial charge on any atom is -0.427 e. The molecule has 17 heavy (non-hydrogen) atoms. The number of aryl methyl sites for hydroxylation is 1. The molecule has 1 aromatic carbocycles. The van der Waals surface area contributed by atoms with Gasteiger partial charge in [-0.3, -0.25) is 4.79 Å². The Labute approximate surface area is 98.9 Å². The molecule has 2 rings (SSSR count). The first-order valence-electron chi connectivity index (χ1n) is 5.30. The zero-order valence-corrected chi connectivity index (χ0v) is 9.82. The highest BCUT2D eigenvalue weighted by Gasteiger charge is 2.12. The molecule has 2 aromatic rings. The summed E-state index contributed by atoms with van der Waals surface area (Å²) in [6.45, 7) is 6.91. The molecule has 0 amide bonds. The van der Waals surface area contributed by atoms with Crippen molar-refractivity contribution in [1.82, 2.24) is 5.16 Å². The van der Waals surface area contributed by atoms with E-state index in [4.69, 9.17) is 9.26 Å². The fraction of sp³-hybridized carbons (Fsp3) is 0.231. The minimum atomic E-state index is -0.344. The maximum Gasteiger partial charge on any atom is 0.308 e. The Balaban J connectivity index is 2.59. The SMILES string of the molecule is C=CCc1cc(OC(C)=O)cc2c(C)noc12. The first-order chi connectivity index (χ1) is 8.11. The van der Waals surface area contributed by atoms with Crippen LogP contribution in [0, 0.1) is 6.92 Å². The van der Waals surface area contributed by atoms with E-state index < -0.39 is 0 Å². The van der Waals surface area contributed by atoms with E-state index in [9.17, 15) is 4.79 Å². The molecule has 0 bridgehead atoms. The van der Waals surface area contributed by atoms with Gasteiger partial charge >= 0.3 is 5.97 Å². The van der Waals surface area contributed by atoms with Crippen LogP contribution in [0.5, 0.6) is 5.75 Å². The van der Waals surface area contributed by atoms with Gasteiger partial charge in [-0.05, 0) is 25.5 Å². The van der Waals surface area contributed by atoms with Gasteiger partial charge < -0.3 is 9.26 Å². The Bertz CT molecular complexity index is 584. The fourth-order valence-electron chi connectivity index (χ4n) is 1.73. The quantitative estimate of drug-likeness (QED) is 0.463. The van der Waals surface area contributed by atoms with E-state index in [1.807, 2.05) is 6.92 Å². The van der Waals surface area contributed by atoms with E-state index in [0.29, 0.717) is 12.2 Å². The van der Waals surface area contributed by atoms with Crippen molar-refractivity contribution in [2.24, 2.45) is 0 Å². The Hall–Kier alpha value is -2.10. The Morgan fingerprint density at radius 3 is 3.00 bits per heavy atom. The van der Waals surface area contributed by atoms with Crippen LogP contribution in [0.1, 0.15) is 18.2 Å². The van der Waals surface area contributed by atoms with Crippen LogP contribution in [0.2, 0.25) is 0 Å². The van der Waals surface area contributed by atoms with Crippen molar-refractivity contribution in [3.05, 3.63) is 36.0 Å². The van der Waals surface area contributed by atoms with E-state index >= 15 is 0 Å². The van der Waals surface area contributed by atoms with Gasteiger partial charge in [-0.15, -0.1) is 6.58 Å². The van der Waals surface area contributed by atoms with E-state index in [1.54, 1.807) is 18.2 Å². The van der Waals surface area contributed by atoms with Gasteiger partial charge in [-0.1, -0.05) is 11.2 Å². The Morgan fingerprint density at radius 1 is 1.59 bits per heavy atom. The molecule has 1 aromatic heterocycles. The molecule has 0 saturated heterocycles. The highest BCUT2D eigenvalue weighted by atomic mass is 16.5. The fourth-order valence-corrected chi connectivity index (χ4v) is 1.73. The topological polar surface area (TPSA) is 52.3 Å². The van der Waals surface area contributed by atoms with Crippen molar-refractivity contribution in [2.45, 2.75) is 20.3 Å². The number of hydrogen-bond acceptors (Lipinski definition) is 4. The van der Waals surface area contributed by atoms with Crippen LogP contribution >= 0.6 is 0 Å². The normalized spacial score (nSPS) is 10.5. The van der Waals surface area contributed by atoms with Gasteiger partial charge in [0.1, 0.15) is 5.75 Å². The number of hydrogen-bond donors (Lipinski definition) is 0. The summed E-state index contributed by atoms with van der Waals surface area (Å²) in [5.74, 6) is 0.163. The van der Waals surface area contributed by atoms with Crippen LogP contribution < -0.4 is 4.74 Å². The van der Waals surface area contributed by atoms with Crippen molar-refractivity contribution in [1.29, 1.82) is 0 Å². The number of carbonyl (C=O) groups excluding carboxylic acids is 1. The molecular formula is C13H13NO3. The number of aromatic nitrogens is 1. The van der Waals surface area contributed by atoms with Crippen molar-refractivity contribution >= 4 is 16.9 Å². The third kappa shape index (κ3) is 2.20. The molecule has 0 spiro atoms. The van der Waals surface area contributed by atoms with Crippen LogP contribution in [-0.2, 0) is 11.2 Å². The molecule has 0 aliphatic heterocycles. The highest BCUT2D eigenvalue weighted by Crippen LogP contribution is 2.28. The lowest BCUT2D eigenvalue weighted by atomic mass is 10.1. The largest absolute Gasteiger partial charge is 0.427 e. The van der Waals surface area contributed by atoms with Crippen molar-refractivity contribution in [2.75, 3.05) is 0 Å². The first kappa shape index (κ1) is 11.4. The molecule has 0 fully saturated rings. The summed E-state index contributed by atoms with van der Waals surface area (Å²) in [5.41, 5.74) is 2.41. The van der Waals surface area contributed by atoms with Gasteiger partial charge in [-0.25, -0.2) is 0 Å². The summed E-state index contributed by atoms with van der Waals surface area (Å²) in [6, 6.07) is 3.53.